The van der Waals surface area contributed by atoms with Gasteiger partial charge in [-0.2, -0.15) is 0 Å². The first kappa shape index (κ1) is 19.2. The Morgan fingerprint density at radius 1 is 1.07 bits per heavy atom. The third-order valence-corrected chi connectivity index (χ3v) is 5.38. The van der Waals surface area contributed by atoms with Crippen LogP contribution in [0.2, 0.25) is 0 Å². The molecule has 3 heterocycles. The quantitative estimate of drug-likeness (QED) is 0.660. The number of carbonyl (C=O) groups is 1. The fourth-order valence-corrected chi connectivity index (χ4v) is 3.89. The summed E-state index contributed by atoms with van der Waals surface area (Å²) in [5.74, 6) is 0.468. The van der Waals surface area contributed by atoms with Gasteiger partial charge in [0, 0.05) is 6.54 Å². The highest BCUT2D eigenvalue weighted by atomic mass is 16.3. The molecular formula is C21H24N4O4. The van der Waals surface area contributed by atoms with Crippen molar-refractivity contribution in [2.75, 3.05) is 19.6 Å². The molecular weight excluding hydrogens is 372 g/mol. The molecule has 152 valence electrons. The van der Waals surface area contributed by atoms with Gasteiger partial charge in [-0.1, -0.05) is 18.6 Å². The third-order valence-electron chi connectivity index (χ3n) is 5.38. The Morgan fingerprint density at radius 3 is 2.55 bits per heavy atom. The molecule has 0 bridgehead atoms. The molecule has 8 heteroatoms. The van der Waals surface area contributed by atoms with E-state index in [-0.39, 0.29) is 18.5 Å². The fraction of sp³-hybridized carbons (Fsp3) is 0.381. The van der Waals surface area contributed by atoms with Gasteiger partial charge in [-0.25, -0.2) is 4.68 Å². The number of hydrogen-bond acceptors (Lipinski definition) is 5. The number of nitrogens with zero attached hydrogens (tertiary/aromatic N) is 2. The second-order valence-electron chi connectivity index (χ2n) is 7.31. The molecule has 1 fully saturated rings. The molecule has 0 spiro atoms. The zero-order chi connectivity index (χ0) is 20.2. The van der Waals surface area contributed by atoms with E-state index in [2.05, 4.69) is 15.3 Å². The number of aromatic amines is 1. The predicted molar refractivity (Wildman–Crippen MR) is 109 cm³/mol. The van der Waals surface area contributed by atoms with E-state index in [9.17, 15) is 14.4 Å². The molecule has 1 aromatic carbocycles. The Kier molecular flexibility index (Phi) is 5.62. The van der Waals surface area contributed by atoms with E-state index >= 15 is 0 Å². The molecule has 4 rings (SSSR count). The number of rotatable bonds is 6. The highest BCUT2D eigenvalue weighted by Crippen LogP contribution is 2.24. The smallest absolute Gasteiger partial charge is 0.273 e. The number of nitrogens with one attached hydrogen (secondary N) is 2. The van der Waals surface area contributed by atoms with Crippen LogP contribution in [0.5, 0.6) is 0 Å². The van der Waals surface area contributed by atoms with Crippen molar-refractivity contribution in [3.63, 3.8) is 0 Å². The van der Waals surface area contributed by atoms with Crippen LogP contribution in [0.15, 0.2) is 56.7 Å². The molecule has 0 saturated carbocycles. The van der Waals surface area contributed by atoms with Crippen molar-refractivity contribution in [3.8, 4) is 0 Å². The first-order valence-electron chi connectivity index (χ1n) is 9.89. The average molecular weight is 396 g/mol. The first-order chi connectivity index (χ1) is 14.1. The van der Waals surface area contributed by atoms with Gasteiger partial charge in [0.05, 0.1) is 23.1 Å². The van der Waals surface area contributed by atoms with E-state index in [0.717, 1.165) is 36.4 Å². The van der Waals surface area contributed by atoms with Gasteiger partial charge in [0.2, 0.25) is 5.91 Å². The molecule has 0 radical (unpaired) electrons. The summed E-state index contributed by atoms with van der Waals surface area (Å²) in [5, 5.41) is 5.99. The van der Waals surface area contributed by atoms with Gasteiger partial charge in [-0.3, -0.25) is 24.4 Å². The summed E-state index contributed by atoms with van der Waals surface area (Å²) >= 11 is 0. The topological polar surface area (TPSA) is 100 Å². The van der Waals surface area contributed by atoms with Crippen LogP contribution in [0, 0.1) is 0 Å². The van der Waals surface area contributed by atoms with Crippen LogP contribution < -0.4 is 16.4 Å². The number of fused-ring (bicyclic) bond motifs is 1. The minimum Gasteiger partial charge on any atom is -0.468 e. The Hall–Kier alpha value is -3.13. The Morgan fingerprint density at radius 2 is 1.83 bits per heavy atom. The van der Waals surface area contributed by atoms with Gasteiger partial charge in [-0.15, -0.1) is 0 Å². The molecule has 2 aromatic heterocycles. The maximum atomic E-state index is 12.6. The molecule has 1 aliphatic heterocycles. The lowest BCUT2D eigenvalue weighted by molar-refractivity contribution is -0.122. The van der Waals surface area contributed by atoms with E-state index in [0.29, 0.717) is 17.3 Å². The maximum absolute atomic E-state index is 12.6. The molecule has 1 amide bonds. The molecule has 8 nitrogen and oxygen atoms in total. The third kappa shape index (κ3) is 4.17. The number of aromatic nitrogens is 2. The number of benzene rings is 1. The number of furan rings is 1. The number of carbonyl (C=O) groups excluding carboxylic acids is 1. The lowest BCUT2D eigenvalue weighted by Crippen LogP contribution is -2.42. The monoisotopic (exact) mass is 396 g/mol. The van der Waals surface area contributed by atoms with Crippen LogP contribution >= 0.6 is 0 Å². The zero-order valence-electron chi connectivity index (χ0n) is 16.1. The summed E-state index contributed by atoms with van der Waals surface area (Å²) in [6.45, 7) is 2.04. The van der Waals surface area contributed by atoms with Gasteiger partial charge in [0.25, 0.3) is 11.1 Å². The molecule has 2 N–H and O–H groups in total. The maximum Gasteiger partial charge on any atom is 0.273 e. The van der Waals surface area contributed by atoms with Crippen molar-refractivity contribution >= 4 is 16.7 Å². The molecule has 3 aromatic rings. The van der Waals surface area contributed by atoms with Crippen molar-refractivity contribution < 1.29 is 9.21 Å². The van der Waals surface area contributed by atoms with Crippen LogP contribution in [0.4, 0.5) is 0 Å². The Labute approximate surface area is 167 Å². The van der Waals surface area contributed by atoms with Crippen molar-refractivity contribution in [2.45, 2.75) is 31.8 Å². The first-order valence-corrected chi connectivity index (χ1v) is 9.89. The number of hydrogen-bond donors (Lipinski definition) is 2. The fourth-order valence-electron chi connectivity index (χ4n) is 3.89. The number of amides is 1. The second kappa shape index (κ2) is 8.48. The summed E-state index contributed by atoms with van der Waals surface area (Å²) in [6, 6.07) is 10.3. The largest absolute Gasteiger partial charge is 0.468 e. The van der Waals surface area contributed by atoms with E-state index in [1.807, 2.05) is 12.1 Å². The SMILES string of the molecule is O=C(Cn1[nH]c(=O)c2ccccc2c1=O)NC[C@@H](c1ccco1)N1CCCCC1. The van der Waals surface area contributed by atoms with Crippen molar-refractivity contribution in [3.05, 3.63) is 69.1 Å². The van der Waals surface area contributed by atoms with Crippen LogP contribution in [-0.4, -0.2) is 40.2 Å². The van der Waals surface area contributed by atoms with Gasteiger partial charge >= 0.3 is 0 Å². The van der Waals surface area contributed by atoms with Crippen molar-refractivity contribution in [2.24, 2.45) is 0 Å². The van der Waals surface area contributed by atoms with Gasteiger partial charge in [-0.05, 0) is 50.2 Å². The van der Waals surface area contributed by atoms with Gasteiger partial charge in [0.1, 0.15) is 12.3 Å². The molecule has 0 unspecified atom stereocenters. The van der Waals surface area contributed by atoms with Crippen LogP contribution in [0.3, 0.4) is 0 Å². The lowest BCUT2D eigenvalue weighted by Gasteiger charge is -2.33. The second-order valence-corrected chi connectivity index (χ2v) is 7.31. The van der Waals surface area contributed by atoms with Crippen LogP contribution in [-0.2, 0) is 11.3 Å². The summed E-state index contributed by atoms with van der Waals surface area (Å²) in [5.41, 5.74) is -0.788. The predicted octanol–water partition coefficient (Wildman–Crippen LogP) is 1.63. The number of likely N-dealkylation sites (tertiary alicyclic amines) is 1. The normalized spacial score (nSPS) is 16.0. The summed E-state index contributed by atoms with van der Waals surface area (Å²) in [7, 11) is 0. The average Bonchev–Trinajstić information content (AvgIpc) is 3.27. The summed E-state index contributed by atoms with van der Waals surface area (Å²) < 4.78 is 6.65. The lowest BCUT2D eigenvalue weighted by atomic mass is 10.1. The van der Waals surface area contributed by atoms with Gasteiger partial charge < -0.3 is 9.73 Å². The highest BCUT2D eigenvalue weighted by Gasteiger charge is 2.25. The minimum atomic E-state index is -0.394. The zero-order valence-corrected chi connectivity index (χ0v) is 16.1. The van der Waals surface area contributed by atoms with E-state index in [1.165, 1.54) is 6.42 Å². The highest BCUT2D eigenvalue weighted by molar-refractivity contribution is 5.81. The van der Waals surface area contributed by atoms with E-state index in [1.54, 1.807) is 30.5 Å². The molecule has 1 saturated heterocycles. The molecule has 1 atom stereocenters. The Bertz CT molecular complexity index is 1090. The minimum absolute atomic E-state index is 0.0541. The standard InChI is InChI=1S/C21H24N4O4/c26-19(14-25-21(28)16-8-3-2-7-15(16)20(27)23-25)22-13-17(18-9-6-12-29-18)24-10-4-1-5-11-24/h2-3,6-9,12,17H,1,4-5,10-11,13-14H2,(H,22,26)(H,23,27)/t17-/m0/s1. The van der Waals surface area contributed by atoms with E-state index < -0.39 is 11.1 Å². The van der Waals surface area contributed by atoms with Crippen LogP contribution in [0.1, 0.15) is 31.1 Å². The molecule has 0 aliphatic carbocycles. The number of piperidine rings is 1. The van der Waals surface area contributed by atoms with Crippen molar-refractivity contribution in [1.29, 1.82) is 0 Å². The summed E-state index contributed by atoms with van der Waals surface area (Å²) in [4.78, 5) is 39.6. The van der Waals surface area contributed by atoms with Crippen LogP contribution in [0.25, 0.3) is 10.8 Å². The number of H-pyrrole nitrogens is 1. The van der Waals surface area contributed by atoms with E-state index in [4.69, 9.17) is 4.42 Å². The molecule has 29 heavy (non-hydrogen) atoms. The van der Waals surface area contributed by atoms with Crippen molar-refractivity contribution in [1.82, 2.24) is 20.0 Å². The Balaban J connectivity index is 1.48. The summed E-state index contributed by atoms with van der Waals surface area (Å²) in [6.07, 6.45) is 5.09. The molecule has 1 aliphatic rings. The van der Waals surface area contributed by atoms with Gasteiger partial charge in [0.15, 0.2) is 0 Å².